The Bertz CT molecular complexity index is 736. The molecule has 2 aromatic rings. The van der Waals surface area contributed by atoms with Gasteiger partial charge in [-0.25, -0.2) is 0 Å². The first kappa shape index (κ1) is 20.0. The number of carbonyl (C=O) groups excluding carboxylic acids is 2. The van der Waals surface area contributed by atoms with Crippen molar-refractivity contribution in [1.29, 1.82) is 0 Å². The summed E-state index contributed by atoms with van der Waals surface area (Å²) in [5, 5.41) is 10.1. The third kappa shape index (κ3) is 5.49. The molecule has 8 heteroatoms. The smallest absolute Gasteiger partial charge is 0.153 e. The summed E-state index contributed by atoms with van der Waals surface area (Å²) in [6.45, 7) is 0. The van der Waals surface area contributed by atoms with Gasteiger partial charge in [-0.1, -0.05) is 23.2 Å². The maximum absolute atomic E-state index is 10.5. The lowest BCUT2D eigenvalue weighted by Crippen LogP contribution is -1.91. The molecule has 0 radical (unpaired) electrons. The number of hydrogen-bond donors (Lipinski definition) is 1. The molecule has 1 N–H and O–H groups in total. The summed E-state index contributed by atoms with van der Waals surface area (Å²) in [6.07, 6.45) is 1.25. The summed E-state index contributed by atoms with van der Waals surface area (Å²) in [7, 11) is 1.50. The lowest BCUT2D eigenvalue weighted by atomic mass is 10.2. The fourth-order valence-electron chi connectivity index (χ4n) is 1.56. The Hall–Kier alpha value is -1.08. The third-order valence-electron chi connectivity index (χ3n) is 2.55. The van der Waals surface area contributed by atoms with Gasteiger partial charge in [0.05, 0.1) is 27.2 Å². The van der Waals surface area contributed by atoms with E-state index in [4.69, 9.17) is 27.9 Å². The highest BCUT2D eigenvalue weighted by Crippen LogP contribution is 2.31. The van der Waals surface area contributed by atoms with Gasteiger partial charge in [0.2, 0.25) is 0 Å². The molecule has 4 nitrogen and oxygen atoms in total. The van der Waals surface area contributed by atoms with E-state index in [2.05, 4.69) is 31.9 Å². The van der Waals surface area contributed by atoms with Gasteiger partial charge in [0.15, 0.2) is 12.6 Å². The average molecular weight is 485 g/mol. The Morgan fingerprint density at radius 2 is 1.43 bits per heavy atom. The van der Waals surface area contributed by atoms with Crippen molar-refractivity contribution >= 4 is 67.6 Å². The summed E-state index contributed by atoms with van der Waals surface area (Å²) in [5.74, 6) is 0.429. The van der Waals surface area contributed by atoms with Crippen LogP contribution in [0.5, 0.6) is 11.5 Å². The van der Waals surface area contributed by atoms with Gasteiger partial charge >= 0.3 is 0 Å². The normalized spacial score (nSPS) is 9.61. The zero-order valence-corrected chi connectivity index (χ0v) is 16.3. The van der Waals surface area contributed by atoms with Crippen LogP contribution in [0.3, 0.4) is 0 Å². The van der Waals surface area contributed by atoms with E-state index < -0.39 is 0 Å². The van der Waals surface area contributed by atoms with Crippen LogP contribution < -0.4 is 4.74 Å². The van der Waals surface area contributed by atoms with Crippen LogP contribution in [0, 0.1) is 0 Å². The number of aldehydes is 2. The van der Waals surface area contributed by atoms with Crippen molar-refractivity contribution in [2.24, 2.45) is 0 Å². The first-order valence-electron chi connectivity index (χ1n) is 5.95. The average Bonchev–Trinajstić information content (AvgIpc) is 2.50. The van der Waals surface area contributed by atoms with Crippen LogP contribution in [0.2, 0.25) is 10.0 Å². The van der Waals surface area contributed by atoms with E-state index in [0.29, 0.717) is 42.9 Å². The molecule has 23 heavy (non-hydrogen) atoms. The number of ether oxygens (including phenoxy) is 1. The molecule has 0 fully saturated rings. The maximum Gasteiger partial charge on any atom is 0.153 e. The topological polar surface area (TPSA) is 63.6 Å². The van der Waals surface area contributed by atoms with Crippen molar-refractivity contribution in [3.8, 4) is 11.5 Å². The summed E-state index contributed by atoms with van der Waals surface area (Å²) in [6, 6.07) is 6.14. The van der Waals surface area contributed by atoms with E-state index in [-0.39, 0.29) is 11.3 Å². The fourth-order valence-corrected chi connectivity index (χ4v) is 3.39. The molecule has 0 aliphatic heterocycles. The van der Waals surface area contributed by atoms with E-state index in [1.54, 1.807) is 12.1 Å². The molecule has 0 heterocycles. The minimum atomic E-state index is -0.0793. The third-order valence-corrected chi connectivity index (χ3v) is 4.18. The second-order valence-corrected chi connectivity index (χ2v) is 6.65. The number of methoxy groups -OCH3 is 1. The van der Waals surface area contributed by atoms with Gasteiger partial charge in [-0.15, -0.1) is 0 Å². The van der Waals surface area contributed by atoms with Crippen LogP contribution in [-0.2, 0) is 0 Å². The number of aromatic hydroxyl groups is 1. The van der Waals surface area contributed by atoms with Gasteiger partial charge in [-0.2, -0.15) is 0 Å². The highest BCUT2D eigenvalue weighted by atomic mass is 79.9. The monoisotopic (exact) mass is 482 g/mol. The Kier molecular flexibility index (Phi) is 8.05. The molecular weight excluding hydrogens is 475 g/mol. The van der Waals surface area contributed by atoms with Crippen molar-refractivity contribution in [3.05, 3.63) is 54.4 Å². The second-order valence-electron chi connectivity index (χ2n) is 4.07. The van der Waals surface area contributed by atoms with Gasteiger partial charge in [-0.05, 0) is 56.1 Å². The lowest BCUT2D eigenvalue weighted by Gasteiger charge is -2.05. The van der Waals surface area contributed by atoms with Gasteiger partial charge in [0.1, 0.15) is 11.5 Å². The van der Waals surface area contributed by atoms with Crippen LogP contribution in [0.15, 0.2) is 33.2 Å². The van der Waals surface area contributed by atoms with Crippen molar-refractivity contribution in [3.63, 3.8) is 0 Å². The van der Waals surface area contributed by atoms with Crippen molar-refractivity contribution in [1.82, 2.24) is 0 Å². The summed E-state index contributed by atoms with van der Waals surface area (Å²) in [4.78, 5) is 20.8. The Balaban J connectivity index is 0.000000231. The van der Waals surface area contributed by atoms with Crippen LogP contribution in [0.4, 0.5) is 0 Å². The number of phenolic OH excluding ortho intramolecular Hbond substituents is 1. The standard InChI is InChI=1S/C8H6BrClO2.C7H4BrClO2/c1-12-8-5(4-11)2-6(10)3-7(8)9;8-6-2-5(9)1-4(3-10)7(6)11/h2-4H,1H3;1-3,11H. The van der Waals surface area contributed by atoms with Crippen LogP contribution in [-0.4, -0.2) is 24.8 Å². The molecule has 0 spiro atoms. The quantitative estimate of drug-likeness (QED) is 0.581. The molecule has 0 amide bonds. The van der Waals surface area contributed by atoms with Gasteiger partial charge in [0.25, 0.3) is 0 Å². The maximum atomic E-state index is 10.5. The van der Waals surface area contributed by atoms with Crippen LogP contribution in [0.25, 0.3) is 0 Å². The molecule has 0 aliphatic rings. The number of rotatable bonds is 3. The van der Waals surface area contributed by atoms with E-state index in [9.17, 15) is 14.7 Å². The fraction of sp³-hybridized carbons (Fsp3) is 0.0667. The van der Waals surface area contributed by atoms with Crippen molar-refractivity contribution < 1.29 is 19.4 Å². The van der Waals surface area contributed by atoms with Gasteiger partial charge in [-0.3, -0.25) is 9.59 Å². The molecule has 0 bridgehead atoms. The predicted molar refractivity (Wildman–Crippen MR) is 97.3 cm³/mol. The lowest BCUT2D eigenvalue weighted by molar-refractivity contribution is 0.111. The highest BCUT2D eigenvalue weighted by molar-refractivity contribution is 9.10. The first-order valence-corrected chi connectivity index (χ1v) is 8.29. The Labute approximate surface area is 159 Å². The minimum Gasteiger partial charge on any atom is -0.506 e. The summed E-state index contributed by atoms with van der Waals surface area (Å²) in [5.41, 5.74) is 0.626. The molecular formula is C15H10Br2Cl2O4. The highest BCUT2D eigenvalue weighted by Gasteiger charge is 2.07. The second kappa shape index (κ2) is 9.27. The van der Waals surface area contributed by atoms with Crippen LogP contribution >= 0.6 is 55.1 Å². The number of benzene rings is 2. The van der Waals surface area contributed by atoms with Gasteiger partial charge in [0, 0.05) is 10.0 Å². The molecule has 0 saturated carbocycles. The molecule has 2 aromatic carbocycles. The zero-order chi connectivity index (χ0) is 17.6. The molecule has 2 rings (SSSR count). The van der Waals surface area contributed by atoms with Gasteiger partial charge < -0.3 is 9.84 Å². The molecule has 0 saturated heterocycles. The molecule has 0 unspecified atom stereocenters. The number of phenols is 1. The Morgan fingerprint density at radius 3 is 1.91 bits per heavy atom. The zero-order valence-electron chi connectivity index (χ0n) is 11.6. The van der Waals surface area contributed by atoms with E-state index >= 15 is 0 Å². The first-order chi connectivity index (χ1) is 10.8. The Morgan fingerprint density at radius 1 is 0.957 bits per heavy atom. The minimum absolute atomic E-state index is 0.0793. The molecule has 0 aromatic heterocycles. The largest absolute Gasteiger partial charge is 0.506 e. The SMILES string of the molecule is COc1c(Br)cc(Cl)cc1C=O.O=Cc1cc(Cl)cc(Br)c1O. The van der Waals surface area contributed by atoms with E-state index in [1.807, 2.05) is 0 Å². The summed E-state index contributed by atoms with van der Waals surface area (Å²) < 4.78 is 6.09. The number of halogens is 4. The molecule has 122 valence electrons. The summed E-state index contributed by atoms with van der Waals surface area (Å²) >= 11 is 17.6. The van der Waals surface area contributed by atoms with E-state index in [1.165, 1.54) is 19.2 Å². The van der Waals surface area contributed by atoms with Crippen molar-refractivity contribution in [2.75, 3.05) is 7.11 Å². The number of hydrogen-bond acceptors (Lipinski definition) is 4. The van der Waals surface area contributed by atoms with E-state index in [0.717, 1.165) is 0 Å². The molecule has 0 aliphatic carbocycles. The van der Waals surface area contributed by atoms with Crippen LogP contribution in [0.1, 0.15) is 20.7 Å². The number of carbonyl (C=O) groups is 2. The predicted octanol–water partition coefficient (Wildman–Crippen LogP) is 5.54. The van der Waals surface area contributed by atoms with Crippen molar-refractivity contribution in [2.45, 2.75) is 0 Å². The molecule has 0 atom stereocenters.